The molecule has 0 amide bonds. The lowest BCUT2D eigenvalue weighted by atomic mass is 10.0. The summed E-state index contributed by atoms with van der Waals surface area (Å²) in [6.07, 6.45) is -0.960. The molecule has 0 saturated heterocycles. The summed E-state index contributed by atoms with van der Waals surface area (Å²) in [5.41, 5.74) is 5.16. The number of nitrogens with one attached hydrogen (secondary N) is 2. The summed E-state index contributed by atoms with van der Waals surface area (Å²) >= 11 is 2.32. The quantitative estimate of drug-likeness (QED) is 0.236. The van der Waals surface area contributed by atoms with Crippen LogP contribution in [0.5, 0.6) is 0 Å². The lowest BCUT2D eigenvalue weighted by Gasteiger charge is -2.11. The molecule has 0 radical (unpaired) electrons. The van der Waals surface area contributed by atoms with Crippen molar-refractivity contribution in [3.8, 4) is 0 Å². The average molecular weight is 546 g/mol. The van der Waals surface area contributed by atoms with Gasteiger partial charge in [-0.1, -0.05) is 49.0 Å². The zero-order valence-electron chi connectivity index (χ0n) is 17.3. The van der Waals surface area contributed by atoms with Gasteiger partial charge < -0.3 is 10.3 Å². The average Bonchev–Trinajstić information content (AvgIpc) is 3.16. The third-order valence-electron chi connectivity index (χ3n) is 5.43. The van der Waals surface area contributed by atoms with E-state index in [9.17, 15) is 13.2 Å². The maximum atomic E-state index is 12.9. The molecule has 0 aliphatic carbocycles. The molecular formula is C26H22F3IN2. The number of benzene rings is 3. The van der Waals surface area contributed by atoms with Gasteiger partial charge >= 0.3 is 6.18 Å². The number of rotatable bonds is 7. The molecule has 4 aromatic rings. The maximum absolute atomic E-state index is 12.9. The monoisotopic (exact) mass is 546 g/mol. The summed E-state index contributed by atoms with van der Waals surface area (Å²) in [4.78, 5) is 3.31. The van der Waals surface area contributed by atoms with Crippen molar-refractivity contribution in [3.05, 3.63) is 111 Å². The van der Waals surface area contributed by atoms with Gasteiger partial charge in [0.05, 0.1) is 5.56 Å². The van der Waals surface area contributed by atoms with Gasteiger partial charge in [0.25, 0.3) is 0 Å². The molecule has 0 aliphatic heterocycles. The fraction of sp³-hybridized carbons (Fsp3) is 0.154. The van der Waals surface area contributed by atoms with E-state index in [1.54, 1.807) is 6.07 Å². The van der Waals surface area contributed by atoms with E-state index in [-0.39, 0.29) is 0 Å². The van der Waals surface area contributed by atoms with Gasteiger partial charge in [-0.3, -0.25) is 0 Å². The number of hydrogen-bond donors (Lipinski definition) is 2. The lowest BCUT2D eigenvalue weighted by Crippen LogP contribution is -2.15. The number of halogens is 4. The van der Waals surface area contributed by atoms with Crippen LogP contribution in [0.25, 0.3) is 16.6 Å². The summed E-state index contributed by atoms with van der Waals surface area (Å²) in [6.45, 7) is 4.88. The number of hydrogen-bond acceptors (Lipinski definition) is 1. The minimum absolute atomic E-state index is 0.448. The topological polar surface area (TPSA) is 27.8 Å². The standard InChI is InChI=1S/C26H22F3IN2/c1-17(31-12-11-21-16-32-25-10-9-23(30)15-24(21)25)20-7-5-18(6-8-20)13-19-3-2-4-22(14-19)26(27,28)29/h2-10,14-16,31-32H,1,11-13H2. The Balaban J connectivity index is 1.34. The van der Waals surface area contributed by atoms with E-state index in [1.807, 2.05) is 30.5 Å². The summed E-state index contributed by atoms with van der Waals surface area (Å²) in [6, 6.07) is 19.6. The Kier molecular flexibility index (Phi) is 6.60. The third kappa shape index (κ3) is 5.35. The summed E-state index contributed by atoms with van der Waals surface area (Å²) in [7, 11) is 0. The minimum atomic E-state index is -4.32. The van der Waals surface area contributed by atoms with Crippen molar-refractivity contribution in [2.24, 2.45) is 0 Å². The number of aromatic nitrogens is 1. The summed E-state index contributed by atoms with van der Waals surface area (Å²) in [5.74, 6) is 0. The van der Waals surface area contributed by atoms with Crippen LogP contribution in [0.3, 0.4) is 0 Å². The maximum Gasteiger partial charge on any atom is 0.416 e. The highest BCUT2D eigenvalue weighted by Gasteiger charge is 2.30. The van der Waals surface area contributed by atoms with Gasteiger partial charge in [0.1, 0.15) is 0 Å². The van der Waals surface area contributed by atoms with Crippen molar-refractivity contribution in [3.63, 3.8) is 0 Å². The molecule has 1 aromatic heterocycles. The van der Waals surface area contributed by atoms with Crippen LogP contribution >= 0.6 is 22.6 Å². The van der Waals surface area contributed by atoms with Gasteiger partial charge in [0, 0.05) is 32.9 Å². The highest BCUT2D eigenvalue weighted by molar-refractivity contribution is 14.1. The van der Waals surface area contributed by atoms with Crippen LogP contribution in [0, 0.1) is 3.57 Å². The first-order valence-corrected chi connectivity index (χ1v) is 11.3. The van der Waals surface area contributed by atoms with Crippen LogP contribution in [0.4, 0.5) is 13.2 Å². The van der Waals surface area contributed by atoms with E-state index in [0.29, 0.717) is 12.0 Å². The molecule has 164 valence electrons. The molecule has 2 N–H and O–H groups in total. The molecule has 0 fully saturated rings. The second kappa shape index (κ2) is 9.40. The number of alkyl halides is 3. The highest BCUT2D eigenvalue weighted by Crippen LogP contribution is 2.30. The summed E-state index contributed by atoms with van der Waals surface area (Å²) < 4.78 is 40.0. The van der Waals surface area contributed by atoms with E-state index in [2.05, 4.69) is 57.7 Å². The van der Waals surface area contributed by atoms with Crippen molar-refractivity contribution in [1.29, 1.82) is 0 Å². The Labute approximate surface area is 198 Å². The van der Waals surface area contributed by atoms with Crippen molar-refractivity contribution in [2.45, 2.75) is 19.0 Å². The Morgan fingerprint density at radius 3 is 2.50 bits per heavy atom. The fourth-order valence-corrected chi connectivity index (χ4v) is 4.22. The fourth-order valence-electron chi connectivity index (χ4n) is 3.72. The van der Waals surface area contributed by atoms with Gasteiger partial charge in [-0.05, 0) is 82.0 Å². The van der Waals surface area contributed by atoms with E-state index in [0.717, 1.165) is 41.4 Å². The van der Waals surface area contributed by atoms with Gasteiger partial charge in [-0.2, -0.15) is 13.2 Å². The van der Waals surface area contributed by atoms with E-state index >= 15 is 0 Å². The largest absolute Gasteiger partial charge is 0.416 e. The van der Waals surface area contributed by atoms with Crippen molar-refractivity contribution in [1.82, 2.24) is 10.3 Å². The van der Waals surface area contributed by atoms with Crippen LogP contribution < -0.4 is 5.32 Å². The first-order chi connectivity index (χ1) is 15.3. The minimum Gasteiger partial charge on any atom is -0.385 e. The smallest absolute Gasteiger partial charge is 0.385 e. The molecule has 0 atom stereocenters. The molecule has 0 bridgehead atoms. The molecule has 3 aromatic carbocycles. The second-order valence-electron chi connectivity index (χ2n) is 7.73. The zero-order chi connectivity index (χ0) is 22.7. The molecule has 0 unspecified atom stereocenters. The van der Waals surface area contributed by atoms with Crippen LogP contribution in [0.1, 0.15) is 27.8 Å². The molecule has 0 saturated carbocycles. The SMILES string of the molecule is C=C(NCCc1c[nH]c2ccc(I)cc12)c1ccc(Cc2cccc(C(F)(F)F)c2)cc1. The van der Waals surface area contributed by atoms with Crippen LogP contribution in [-0.4, -0.2) is 11.5 Å². The molecule has 4 rings (SSSR count). The predicted octanol–water partition coefficient (Wildman–Crippen LogP) is 7.19. The number of H-pyrrole nitrogens is 1. The Hall–Kier alpha value is -2.74. The third-order valence-corrected chi connectivity index (χ3v) is 6.10. The predicted molar refractivity (Wildman–Crippen MR) is 132 cm³/mol. The van der Waals surface area contributed by atoms with Crippen LogP contribution in [0.15, 0.2) is 79.5 Å². The van der Waals surface area contributed by atoms with Crippen LogP contribution in [0.2, 0.25) is 0 Å². The van der Waals surface area contributed by atoms with Crippen molar-refractivity contribution in [2.75, 3.05) is 6.54 Å². The normalized spacial score (nSPS) is 11.6. The molecule has 0 aliphatic rings. The lowest BCUT2D eigenvalue weighted by molar-refractivity contribution is -0.137. The summed E-state index contributed by atoms with van der Waals surface area (Å²) in [5, 5.41) is 4.61. The first-order valence-electron chi connectivity index (χ1n) is 10.2. The molecule has 32 heavy (non-hydrogen) atoms. The van der Waals surface area contributed by atoms with Gasteiger partial charge in [-0.25, -0.2) is 0 Å². The zero-order valence-corrected chi connectivity index (χ0v) is 19.4. The van der Waals surface area contributed by atoms with E-state index in [1.165, 1.54) is 26.7 Å². The first kappa shape index (κ1) is 22.5. The molecule has 0 spiro atoms. The van der Waals surface area contributed by atoms with Crippen molar-refractivity contribution >= 4 is 39.2 Å². The number of aromatic amines is 1. The molecular weight excluding hydrogens is 524 g/mol. The van der Waals surface area contributed by atoms with E-state index in [4.69, 9.17) is 0 Å². The Bertz CT molecular complexity index is 1240. The second-order valence-corrected chi connectivity index (χ2v) is 8.98. The number of fused-ring (bicyclic) bond motifs is 1. The van der Waals surface area contributed by atoms with Gasteiger partial charge in [-0.15, -0.1) is 0 Å². The van der Waals surface area contributed by atoms with Crippen molar-refractivity contribution < 1.29 is 13.2 Å². The molecule has 6 heteroatoms. The Morgan fingerprint density at radius 1 is 0.969 bits per heavy atom. The van der Waals surface area contributed by atoms with Gasteiger partial charge in [0.15, 0.2) is 0 Å². The highest BCUT2D eigenvalue weighted by atomic mass is 127. The Morgan fingerprint density at radius 2 is 1.75 bits per heavy atom. The molecule has 2 nitrogen and oxygen atoms in total. The van der Waals surface area contributed by atoms with Gasteiger partial charge in [0.2, 0.25) is 0 Å². The van der Waals surface area contributed by atoms with E-state index < -0.39 is 11.7 Å². The van der Waals surface area contributed by atoms with Crippen LogP contribution in [-0.2, 0) is 19.0 Å². The molecule has 1 heterocycles.